The molecule has 0 saturated carbocycles. The summed E-state index contributed by atoms with van der Waals surface area (Å²) in [5.41, 5.74) is 3.25. The Hall–Kier alpha value is -2.37. The zero-order chi connectivity index (χ0) is 14.7. The van der Waals surface area contributed by atoms with Crippen LogP contribution < -0.4 is 5.32 Å². The first-order chi connectivity index (χ1) is 9.47. The zero-order valence-electron chi connectivity index (χ0n) is 11.8. The molecule has 2 aromatic heterocycles. The summed E-state index contributed by atoms with van der Waals surface area (Å²) in [4.78, 5) is 15.5. The minimum atomic E-state index is -0.965. The van der Waals surface area contributed by atoms with Crippen molar-refractivity contribution in [3.63, 3.8) is 0 Å². The van der Waals surface area contributed by atoms with Crippen LogP contribution in [0.2, 0.25) is 0 Å². The maximum Gasteiger partial charge on any atom is 0.339 e. The highest BCUT2D eigenvalue weighted by atomic mass is 16.4. The second-order valence-corrected chi connectivity index (χ2v) is 4.78. The van der Waals surface area contributed by atoms with Crippen molar-refractivity contribution >= 4 is 11.7 Å². The molecule has 2 aromatic rings. The van der Waals surface area contributed by atoms with Gasteiger partial charge in [-0.15, -0.1) is 0 Å². The van der Waals surface area contributed by atoms with Crippen LogP contribution in [-0.4, -0.2) is 32.4 Å². The number of aromatic nitrogens is 3. The number of nitrogens with one attached hydrogen (secondary N) is 1. The molecule has 106 valence electrons. The van der Waals surface area contributed by atoms with E-state index in [1.165, 1.54) is 0 Å². The molecule has 0 aliphatic carbocycles. The normalized spacial score (nSPS) is 10.6. The molecule has 20 heavy (non-hydrogen) atoms. The topological polar surface area (TPSA) is 80.0 Å². The van der Waals surface area contributed by atoms with Gasteiger partial charge >= 0.3 is 5.97 Å². The smallest absolute Gasteiger partial charge is 0.339 e. The summed E-state index contributed by atoms with van der Waals surface area (Å²) in [7, 11) is 0. The van der Waals surface area contributed by atoms with E-state index in [4.69, 9.17) is 0 Å². The molecular weight excluding hydrogens is 256 g/mol. The number of aromatic carboxylic acids is 1. The van der Waals surface area contributed by atoms with Crippen LogP contribution in [0.1, 0.15) is 27.3 Å². The maximum absolute atomic E-state index is 11.3. The second kappa shape index (κ2) is 5.73. The molecule has 2 heterocycles. The standard InChI is InChI=1S/C14H18N4O2/c1-9-7-16-18(8-9)5-4-15-12-6-10(2)17-11(3)13(12)14(19)20/h6-8H,4-5H2,1-3H3,(H,15,17)(H,19,20). The van der Waals surface area contributed by atoms with Gasteiger partial charge in [0.1, 0.15) is 5.56 Å². The van der Waals surface area contributed by atoms with Gasteiger partial charge in [-0.3, -0.25) is 9.67 Å². The summed E-state index contributed by atoms with van der Waals surface area (Å²) in [5.74, 6) is -0.965. The Morgan fingerprint density at radius 3 is 2.75 bits per heavy atom. The third-order valence-electron chi connectivity index (χ3n) is 2.96. The summed E-state index contributed by atoms with van der Waals surface area (Å²) in [5, 5.41) is 16.6. The molecule has 0 bridgehead atoms. The van der Waals surface area contributed by atoms with Crippen molar-refractivity contribution in [1.82, 2.24) is 14.8 Å². The van der Waals surface area contributed by atoms with Crippen LogP contribution in [0.3, 0.4) is 0 Å². The first-order valence-corrected chi connectivity index (χ1v) is 6.42. The van der Waals surface area contributed by atoms with Gasteiger partial charge in [0.25, 0.3) is 0 Å². The first kappa shape index (κ1) is 14.0. The minimum Gasteiger partial charge on any atom is -0.478 e. The third kappa shape index (κ3) is 3.14. The number of anilines is 1. The molecule has 0 aliphatic rings. The third-order valence-corrected chi connectivity index (χ3v) is 2.96. The summed E-state index contributed by atoms with van der Waals surface area (Å²) >= 11 is 0. The highest BCUT2D eigenvalue weighted by Crippen LogP contribution is 2.19. The van der Waals surface area contributed by atoms with Gasteiger partial charge in [-0.25, -0.2) is 4.79 Å². The molecule has 0 unspecified atom stereocenters. The molecule has 0 aliphatic heterocycles. The molecular formula is C14H18N4O2. The highest BCUT2D eigenvalue weighted by Gasteiger charge is 2.14. The zero-order valence-corrected chi connectivity index (χ0v) is 11.8. The van der Waals surface area contributed by atoms with E-state index in [1.54, 1.807) is 19.2 Å². The average Bonchev–Trinajstić information content (AvgIpc) is 2.73. The Morgan fingerprint density at radius 2 is 2.15 bits per heavy atom. The van der Waals surface area contributed by atoms with E-state index in [0.29, 0.717) is 24.5 Å². The van der Waals surface area contributed by atoms with Gasteiger partial charge in [0, 0.05) is 18.4 Å². The van der Waals surface area contributed by atoms with Crippen molar-refractivity contribution in [2.75, 3.05) is 11.9 Å². The van der Waals surface area contributed by atoms with Crippen LogP contribution in [0, 0.1) is 20.8 Å². The van der Waals surface area contributed by atoms with Crippen molar-refractivity contribution in [2.45, 2.75) is 27.3 Å². The molecule has 0 fully saturated rings. The van der Waals surface area contributed by atoms with Gasteiger partial charge in [-0.05, 0) is 32.4 Å². The number of hydrogen-bond acceptors (Lipinski definition) is 4. The summed E-state index contributed by atoms with van der Waals surface area (Å²) in [6.45, 7) is 6.81. The summed E-state index contributed by atoms with van der Waals surface area (Å²) in [6, 6.07) is 1.75. The number of carboxylic acid groups (broad SMARTS) is 1. The van der Waals surface area contributed by atoms with Crippen molar-refractivity contribution < 1.29 is 9.90 Å². The Bertz CT molecular complexity index is 634. The Balaban J connectivity index is 2.10. The summed E-state index contributed by atoms with van der Waals surface area (Å²) in [6.07, 6.45) is 3.74. The van der Waals surface area contributed by atoms with Crippen LogP contribution in [0.5, 0.6) is 0 Å². The number of aryl methyl sites for hydroxylation is 3. The Morgan fingerprint density at radius 1 is 1.40 bits per heavy atom. The fourth-order valence-corrected chi connectivity index (χ4v) is 2.13. The number of carbonyl (C=O) groups is 1. The van der Waals surface area contributed by atoms with Crippen molar-refractivity contribution in [3.05, 3.63) is 41.0 Å². The van der Waals surface area contributed by atoms with Gasteiger partial charge in [0.05, 0.1) is 24.1 Å². The van der Waals surface area contributed by atoms with E-state index in [-0.39, 0.29) is 5.56 Å². The molecule has 0 spiro atoms. The fourth-order valence-electron chi connectivity index (χ4n) is 2.13. The van der Waals surface area contributed by atoms with E-state index in [2.05, 4.69) is 15.4 Å². The predicted molar refractivity (Wildman–Crippen MR) is 76.1 cm³/mol. The number of nitrogens with zero attached hydrogens (tertiary/aromatic N) is 3. The first-order valence-electron chi connectivity index (χ1n) is 6.42. The van der Waals surface area contributed by atoms with Gasteiger partial charge < -0.3 is 10.4 Å². The van der Waals surface area contributed by atoms with Crippen molar-refractivity contribution in [2.24, 2.45) is 0 Å². The Labute approximate surface area is 117 Å². The lowest BCUT2D eigenvalue weighted by atomic mass is 10.1. The highest BCUT2D eigenvalue weighted by molar-refractivity contribution is 5.95. The van der Waals surface area contributed by atoms with Gasteiger partial charge in [-0.1, -0.05) is 0 Å². The van der Waals surface area contributed by atoms with Crippen LogP contribution in [0.15, 0.2) is 18.5 Å². The molecule has 6 nitrogen and oxygen atoms in total. The number of rotatable bonds is 5. The molecule has 0 radical (unpaired) electrons. The Kier molecular flexibility index (Phi) is 4.02. The van der Waals surface area contributed by atoms with Crippen molar-refractivity contribution in [1.29, 1.82) is 0 Å². The van der Waals surface area contributed by atoms with Crippen LogP contribution >= 0.6 is 0 Å². The SMILES string of the molecule is Cc1cnn(CCNc2cc(C)nc(C)c2C(=O)O)c1. The second-order valence-electron chi connectivity index (χ2n) is 4.78. The lowest BCUT2D eigenvalue weighted by molar-refractivity contribution is 0.0696. The van der Waals surface area contributed by atoms with E-state index in [0.717, 1.165) is 11.3 Å². The number of carboxylic acids is 1. The largest absolute Gasteiger partial charge is 0.478 e. The molecule has 0 amide bonds. The van der Waals surface area contributed by atoms with E-state index < -0.39 is 5.97 Å². The molecule has 0 aromatic carbocycles. The molecule has 0 atom stereocenters. The summed E-state index contributed by atoms with van der Waals surface area (Å²) < 4.78 is 1.82. The van der Waals surface area contributed by atoms with Gasteiger partial charge in [-0.2, -0.15) is 5.10 Å². The minimum absolute atomic E-state index is 0.229. The van der Waals surface area contributed by atoms with E-state index >= 15 is 0 Å². The average molecular weight is 274 g/mol. The van der Waals surface area contributed by atoms with E-state index in [9.17, 15) is 9.90 Å². The molecule has 2 rings (SSSR count). The fraction of sp³-hybridized carbons (Fsp3) is 0.357. The molecule has 2 N–H and O–H groups in total. The quantitative estimate of drug-likeness (QED) is 0.871. The maximum atomic E-state index is 11.3. The van der Waals surface area contributed by atoms with Crippen LogP contribution in [0.25, 0.3) is 0 Å². The van der Waals surface area contributed by atoms with Crippen molar-refractivity contribution in [3.8, 4) is 0 Å². The lowest BCUT2D eigenvalue weighted by Crippen LogP contribution is -2.15. The van der Waals surface area contributed by atoms with E-state index in [1.807, 2.05) is 24.7 Å². The monoisotopic (exact) mass is 274 g/mol. The number of pyridine rings is 1. The van der Waals surface area contributed by atoms with Crippen LogP contribution in [0.4, 0.5) is 5.69 Å². The number of hydrogen-bond donors (Lipinski definition) is 2. The van der Waals surface area contributed by atoms with Crippen LogP contribution in [-0.2, 0) is 6.54 Å². The molecule has 6 heteroatoms. The molecule has 0 saturated heterocycles. The van der Waals surface area contributed by atoms with Gasteiger partial charge in [0.15, 0.2) is 0 Å². The lowest BCUT2D eigenvalue weighted by Gasteiger charge is -2.12. The predicted octanol–water partition coefficient (Wildman–Crippen LogP) is 2.01. The van der Waals surface area contributed by atoms with Gasteiger partial charge in [0.2, 0.25) is 0 Å².